The van der Waals surface area contributed by atoms with Crippen molar-refractivity contribution in [1.82, 2.24) is 4.98 Å². The molecule has 3 aromatic rings. The molecule has 3 rings (SSSR count). The quantitative estimate of drug-likeness (QED) is 0.320. The Hall–Kier alpha value is -2.56. The third kappa shape index (κ3) is 5.81. The average molecular weight is 472 g/mol. The van der Waals surface area contributed by atoms with Gasteiger partial charge in [0.05, 0.1) is 16.3 Å². The number of aromatic nitrogens is 1. The second kappa shape index (κ2) is 10.4. The molecule has 0 aliphatic heterocycles. The van der Waals surface area contributed by atoms with Crippen LogP contribution < -0.4 is 4.74 Å². The highest BCUT2D eigenvalue weighted by atomic mass is 35.5. The first-order chi connectivity index (χ1) is 15.2. The van der Waals surface area contributed by atoms with E-state index in [9.17, 15) is 4.79 Å². The van der Waals surface area contributed by atoms with Crippen LogP contribution in [0.25, 0.3) is 17.0 Å². The Balaban J connectivity index is 1.76. The Kier molecular flexibility index (Phi) is 7.81. The molecular weight excluding hydrogens is 445 g/mol. The lowest BCUT2D eigenvalue weighted by atomic mass is 9.98. The van der Waals surface area contributed by atoms with E-state index < -0.39 is 0 Å². The highest BCUT2D eigenvalue weighted by Crippen LogP contribution is 2.34. The van der Waals surface area contributed by atoms with Gasteiger partial charge < -0.3 is 9.15 Å². The van der Waals surface area contributed by atoms with E-state index in [2.05, 4.69) is 20.4 Å². The second-order valence-corrected chi connectivity index (χ2v) is 9.03. The maximum absolute atomic E-state index is 11.2. The summed E-state index contributed by atoms with van der Waals surface area (Å²) in [6, 6.07) is 11.2. The van der Waals surface area contributed by atoms with Gasteiger partial charge in [-0.05, 0) is 73.7 Å². The minimum absolute atomic E-state index is 0.00860. The summed E-state index contributed by atoms with van der Waals surface area (Å²) in [5, 5.41) is 1.08. The molecule has 0 saturated heterocycles. The normalized spacial score (nSPS) is 11.1. The van der Waals surface area contributed by atoms with Crippen molar-refractivity contribution >= 4 is 34.6 Å². The molecule has 4 nitrogen and oxygen atoms in total. The van der Waals surface area contributed by atoms with E-state index in [0.717, 1.165) is 40.1 Å². The number of halogens is 2. The number of benzene rings is 2. The molecule has 1 aromatic heterocycles. The lowest BCUT2D eigenvalue weighted by molar-refractivity contribution is -0.118. The number of carbonyl (C=O) groups is 1. The second-order valence-electron chi connectivity index (χ2n) is 8.18. The van der Waals surface area contributed by atoms with Crippen LogP contribution in [0.3, 0.4) is 0 Å². The predicted molar refractivity (Wildman–Crippen MR) is 131 cm³/mol. The van der Waals surface area contributed by atoms with Crippen LogP contribution in [0.1, 0.15) is 55.7 Å². The van der Waals surface area contributed by atoms with Gasteiger partial charge in [-0.25, -0.2) is 4.98 Å². The molecule has 0 saturated carbocycles. The van der Waals surface area contributed by atoms with Gasteiger partial charge >= 0.3 is 0 Å². The van der Waals surface area contributed by atoms with Crippen LogP contribution in [0.2, 0.25) is 10.0 Å². The topological polar surface area (TPSA) is 52.3 Å². The van der Waals surface area contributed by atoms with Gasteiger partial charge in [0.25, 0.3) is 0 Å². The van der Waals surface area contributed by atoms with Gasteiger partial charge in [0.15, 0.2) is 5.78 Å². The van der Waals surface area contributed by atoms with E-state index >= 15 is 0 Å². The molecule has 168 valence electrons. The Labute approximate surface area is 199 Å². The molecule has 6 heteroatoms. The van der Waals surface area contributed by atoms with Gasteiger partial charge in [-0.15, -0.1) is 0 Å². The minimum atomic E-state index is -0.00860. The fourth-order valence-corrected chi connectivity index (χ4v) is 3.89. The lowest BCUT2D eigenvalue weighted by Crippen LogP contribution is -2.07. The van der Waals surface area contributed by atoms with Gasteiger partial charge in [0, 0.05) is 10.9 Å². The molecule has 0 spiro atoms. The van der Waals surface area contributed by atoms with Gasteiger partial charge in [0.1, 0.15) is 18.1 Å². The van der Waals surface area contributed by atoms with Crippen molar-refractivity contribution < 1.29 is 13.9 Å². The number of carbonyl (C=O) groups excluding carboxylic acids is 1. The van der Waals surface area contributed by atoms with E-state index in [4.69, 9.17) is 37.3 Å². The molecule has 2 aromatic carbocycles. The van der Waals surface area contributed by atoms with Crippen molar-refractivity contribution in [3.05, 3.63) is 75.6 Å². The van der Waals surface area contributed by atoms with Crippen LogP contribution in [0, 0.1) is 6.92 Å². The first kappa shape index (κ1) is 24.1. The van der Waals surface area contributed by atoms with Gasteiger partial charge in [-0.2, -0.15) is 0 Å². The van der Waals surface area contributed by atoms with Crippen LogP contribution in [-0.4, -0.2) is 17.4 Å². The molecule has 1 heterocycles. The molecule has 0 fully saturated rings. The molecule has 0 atom stereocenters. The zero-order chi connectivity index (χ0) is 23.4. The zero-order valence-electron chi connectivity index (χ0n) is 18.8. The summed E-state index contributed by atoms with van der Waals surface area (Å²) in [6.45, 7) is 12.0. The maximum atomic E-state index is 11.2. The number of rotatable bonds is 9. The van der Waals surface area contributed by atoms with Crippen LogP contribution >= 0.6 is 23.2 Å². The number of Topliss-reactive ketones (excluding diaryl/α,β-unsaturated/α-hetero) is 1. The third-order valence-corrected chi connectivity index (χ3v) is 5.64. The standard InChI is InChI=1S/C26H27Cl2NO3/c1-15(2)25-23(29-26(32-25)21-9-8-20(27)13-22(21)28)10-6-16(3)19-7-11-24(17(4)12-19)31-14-18(5)30/h7-9,11-13,15H,3,6,10,14H2,1-2,4-5H3. The monoisotopic (exact) mass is 471 g/mol. The molecule has 0 bridgehead atoms. The summed E-state index contributed by atoms with van der Waals surface area (Å²) in [5.74, 6) is 2.23. The number of aryl methyl sites for hydroxylation is 2. The highest BCUT2D eigenvalue weighted by molar-refractivity contribution is 6.36. The lowest BCUT2D eigenvalue weighted by Gasteiger charge is -2.11. The Morgan fingerprint density at radius 3 is 2.56 bits per heavy atom. The molecule has 0 amide bonds. The van der Waals surface area contributed by atoms with Crippen molar-refractivity contribution in [3.63, 3.8) is 0 Å². The maximum Gasteiger partial charge on any atom is 0.228 e. The van der Waals surface area contributed by atoms with Crippen molar-refractivity contribution in [2.75, 3.05) is 6.61 Å². The largest absolute Gasteiger partial charge is 0.486 e. The molecule has 0 N–H and O–H groups in total. The third-order valence-electron chi connectivity index (χ3n) is 5.09. The number of hydrogen-bond acceptors (Lipinski definition) is 4. The number of ether oxygens (including phenoxy) is 1. The number of hydrogen-bond donors (Lipinski definition) is 0. The molecule has 0 aliphatic rings. The van der Waals surface area contributed by atoms with Crippen LogP contribution in [0.15, 0.2) is 47.4 Å². The van der Waals surface area contributed by atoms with E-state index in [-0.39, 0.29) is 18.3 Å². The number of nitrogens with zero attached hydrogens (tertiary/aromatic N) is 1. The van der Waals surface area contributed by atoms with Crippen molar-refractivity contribution in [3.8, 4) is 17.2 Å². The highest BCUT2D eigenvalue weighted by Gasteiger charge is 2.19. The Morgan fingerprint density at radius 1 is 1.19 bits per heavy atom. The number of oxazole rings is 1. The molecule has 0 aliphatic carbocycles. The summed E-state index contributed by atoms with van der Waals surface area (Å²) in [5.41, 5.74) is 4.62. The van der Waals surface area contributed by atoms with Crippen LogP contribution in [0.4, 0.5) is 0 Å². The van der Waals surface area contributed by atoms with Gasteiger partial charge in [0.2, 0.25) is 5.89 Å². The molecule has 0 radical (unpaired) electrons. The first-order valence-electron chi connectivity index (χ1n) is 10.5. The number of ketones is 1. The summed E-state index contributed by atoms with van der Waals surface area (Å²) in [6.07, 6.45) is 1.43. The Morgan fingerprint density at radius 2 is 1.94 bits per heavy atom. The molecule has 0 unspecified atom stereocenters. The summed E-state index contributed by atoms with van der Waals surface area (Å²) in [7, 11) is 0. The Bertz CT molecular complexity index is 1150. The predicted octanol–water partition coefficient (Wildman–Crippen LogP) is 7.69. The van der Waals surface area contributed by atoms with Crippen molar-refractivity contribution in [2.45, 2.75) is 46.5 Å². The fraction of sp³-hybridized carbons (Fsp3) is 0.308. The molecule has 32 heavy (non-hydrogen) atoms. The smallest absolute Gasteiger partial charge is 0.228 e. The van der Waals surface area contributed by atoms with E-state index in [1.165, 1.54) is 6.92 Å². The minimum Gasteiger partial charge on any atom is -0.486 e. The van der Waals surface area contributed by atoms with Gasteiger partial charge in [-0.3, -0.25) is 4.79 Å². The summed E-state index contributed by atoms with van der Waals surface area (Å²) < 4.78 is 11.6. The average Bonchev–Trinajstić information content (AvgIpc) is 3.15. The number of allylic oxidation sites excluding steroid dienone is 1. The molecular formula is C26H27Cl2NO3. The van der Waals surface area contributed by atoms with Crippen molar-refractivity contribution in [1.29, 1.82) is 0 Å². The van der Waals surface area contributed by atoms with E-state index in [1.54, 1.807) is 12.1 Å². The van der Waals surface area contributed by atoms with E-state index in [1.807, 2.05) is 31.2 Å². The van der Waals surface area contributed by atoms with Gasteiger partial charge in [-0.1, -0.05) is 49.7 Å². The van der Waals surface area contributed by atoms with Crippen LogP contribution in [-0.2, 0) is 11.2 Å². The van der Waals surface area contributed by atoms with Crippen molar-refractivity contribution in [2.24, 2.45) is 0 Å². The first-order valence-corrected chi connectivity index (χ1v) is 11.3. The fourth-order valence-electron chi connectivity index (χ4n) is 3.40. The van der Waals surface area contributed by atoms with Crippen LogP contribution in [0.5, 0.6) is 5.75 Å². The summed E-state index contributed by atoms with van der Waals surface area (Å²) in [4.78, 5) is 15.9. The zero-order valence-corrected chi connectivity index (χ0v) is 20.3. The summed E-state index contributed by atoms with van der Waals surface area (Å²) >= 11 is 12.4. The van der Waals surface area contributed by atoms with E-state index in [0.29, 0.717) is 28.1 Å². The SMILES string of the molecule is C=C(CCc1nc(-c2ccc(Cl)cc2Cl)oc1C(C)C)c1ccc(OCC(C)=O)c(C)c1.